The SMILES string of the molecule is CCNCC[C@@H]1N(CC)C(=O)c2c(Cl)cc(Cl)cc2N1C. The molecule has 6 heteroatoms. The van der Waals surface area contributed by atoms with Crippen LogP contribution in [0.5, 0.6) is 0 Å². The van der Waals surface area contributed by atoms with Gasteiger partial charge in [-0.2, -0.15) is 0 Å². The Morgan fingerprint density at radius 2 is 2.00 bits per heavy atom. The Hall–Kier alpha value is -0.970. The fraction of sp³-hybridized carbons (Fsp3) is 0.533. The number of rotatable bonds is 5. The van der Waals surface area contributed by atoms with E-state index in [0.29, 0.717) is 22.2 Å². The molecule has 0 saturated heterocycles. The van der Waals surface area contributed by atoms with Gasteiger partial charge in [0.1, 0.15) is 6.17 Å². The average Bonchev–Trinajstić information content (AvgIpc) is 2.43. The lowest BCUT2D eigenvalue weighted by Gasteiger charge is -2.44. The third kappa shape index (κ3) is 3.12. The number of halogens is 2. The normalized spacial score (nSPS) is 18.1. The fourth-order valence-corrected chi connectivity index (χ4v) is 3.37. The highest BCUT2D eigenvalue weighted by atomic mass is 35.5. The Labute approximate surface area is 136 Å². The predicted octanol–water partition coefficient (Wildman–Crippen LogP) is 3.23. The minimum absolute atomic E-state index is 0.0172. The molecule has 1 N–H and O–H groups in total. The molecule has 0 unspecified atom stereocenters. The quantitative estimate of drug-likeness (QED) is 0.842. The van der Waals surface area contributed by atoms with Gasteiger partial charge in [0.05, 0.1) is 16.3 Å². The summed E-state index contributed by atoms with van der Waals surface area (Å²) in [5.74, 6) is -0.0197. The Balaban J connectivity index is 2.39. The Kier molecular flexibility index (Phi) is 5.36. The Morgan fingerprint density at radius 1 is 1.29 bits per heavy atom. The minimum atomic E-state index is -0.0197. The molecule has 1 atom stereocenters. The second kappa shape index (κ2) is 6.86. The molecule has 0 aromatic heterocycles. The largest absolute Gasteiger partial charge is 0.353 e. The van der Waals surface area contributed by atoms with Crippen molar-refractivity contribution in [2.45, 2.75) is 26.4 Å². The van der Waals surface area contributed by atoms with Crippen LogP contribution in [0, 0.1) is 0 Å². The van der Waals surface area contributed by atoms with Crippen molar-refractivity contribution in [1.29, 1.82) is 0 Å². The molecule has 116 valence electrons. The Bertz CT molecular complexity index is 536. The number of carbonyl (C=O) groups excluding carboxylic acids is 1. The molecule has 0 fully saturated rings. The highest BCUT2D eigenvalue weighted by Gasteiger charge is 2.36. The molecule has 4 nitrogen and oxygen atoms in total. The zero-order valence-corrected chi connectivity index (χ0v) is 14.1. The zero-order valence-electron chi connectivity index (χ0n) is 12.6. The third-order valence-corrected chi connectivity index (χ3v) is 4.38. The van der Waals surface area contributed by atoms with Crippen LogP contribution in [0.15, 0.2) is 12.1 Å². The smallest absolute Gasteiger partial charge is 0.259 e. The van der Waals surface area contributed by atoms with Crippen LogP contribution < -0.4 is 10.2 Å². The molecule has 1 aromatic carbocycles. The predicted molar refractivity (Wildman–Crippen MR) is 88.5 cm³/mol. The van der Waals surface area contributed by atoms with E-state index in [9.17, 15) is 4.79 Å². The van der Waals surface area contributed by atoms with Crippen molar-refractivity contribution in [1.82, 2.24) is 10.2 Å². The Morgan fingerprint density at radius 3 is 2.62 bits per heavy atom. The first-order valence-corrected chi connectivity index (χ1v) is 8.00. The number of carbonyl (C=O) groups is 1. The lowest BCUT2D eigenvalue weighted by molar-refractivity contribution is 0.0659. The van der Waals surface area contributed by atoms with Crippen LogP contribution in [0.1, 0.15) is 30.6 Å². The van der Waals surface area contributed by atoms with Gasteiger partial charge < -0.3 is 15.1 Å². The molecule has 0 radical (unpaired) electrons. The molecule has 2 rings (SSSR count). The number of fused-ring (bicyclic) bond motifs is 1. The number of hydrogen-bond acceptors (Lipinski definition) is 3. The average molecular weight is 330 g/mol. The van der Waals surface area contributed by atoms with Crippen LogP contribution >= 0.6 is 23.2 Å². The molecule has 1 aliphatic heterocycles. The van der Waals surface area contributed by atoms with Crippen LogP contribution in [0.25, 0.3) is 0 Å². The maximum atomic E-state index is 12.7. The minimum Gasteiger partial charge on any atom is -0.353 e. The summed E-state index contributed by atoms with van der Waals surface area (Å²) >= 11 is 12.3. The number of benzene rings is 1. The lowest BCUT2D eigenvalue weighted by atomic mass is 10.0. The number of nitrogens with zero attached hydrogens (tertiary/aromatic N) is 2. The molecule has 0 bridgehead atoms. The molecule has 0 aliphatic carbocycles. The van der Waals surface area contributed by atoms with E-state index in [1.807, 2.05) is 24.9 Å². The van der Waals surface area contributed by atoms with Crippen LogP contribution in [0.4, 0.5) is 5.69 Å². The topological polar surface area (TPSA) is 35.6 Å². The molecule has 1 aromatic rings. The van der Waals surface area contributed by atoms with E-state index in [2.05, 4.69) is 17.1 Å². The second-order valence-electron chi connectivity index (χ2n) is 5.11. The van der Waals surface area contributed by atoms with Crippen molar-refractivity contribution in [3.63, 3.8) is 0 Å². The maximum Gasteiger partial charge on any atom is 0.259 e. The van der Waals surface area contributed by atoms with Crippen molar-refractivity contribution in [3.05, 3.63) is 27.7 Å². The van der Waals surface area contributed by atoms with E-state index in [-0.39, 0.29) is 12.1 Å². The summed E-state index contributed by atoms with van der Waals surface area (Å²) in [7, 11) is 1.98. The summed E-state index contributed by atoms with van der Waals surface area (Å²) in [5, 5.41) is 4.27. The highest BCUT2D eigenvalue weighted by molar-refractivity contribution is 6.38. The van der Waals surface area contributed by atoms with Gasteiger partial charge in [0.2, 0.25) is 0 Å². The first kappa shape index (κ1) is 16.4. The van der Waals surface area contributed by atoms with Crippen molar-refractivity contribution in [2.75, 3.05) is 31.6 Å². The first-order chi connectivity index (χ1) is 10.0. The van der Waals surface area contributed by atoms with Crippen LogP contribution in [-0.2, 0) is 0 Å². The summed E-state index contributed by atoms with van der Waals surface area (Å²) in [5.41, 5.74) is 1.36. The zero-order chi connectivity index (χ0) is 15.6. The molecule has 1 heterocycles. The van der Waals surface area contributed by atoms with Crippen molar-refractivity contribution in [2.24, 2.45) is 0 Å². The van der Waals surface area contributed by atoms with E-state index < -0.39 is 0 Å². The fourth-order valence-electron chi connectivity index (χ4n) is 2.81. The summed E-state index contributed by atoms with van der Waals surface area (Å²) < 4.78 is 0. The van der Waals surface area contributed by atoms with E-state index in [1.54, 1.807) is 6.07 Å². The number of amides is 1. The highest BCUT2D eigenvalue weighted by Crippen LogP contribution is 2.37. The van der Waals surface area contributed by atoms with Gasteiger partial charge in [0.25, 0.3) is 5.91 Å². The van der Waals surface area contributed by atoms with Crippen LogP contribution in [0.2, 0.25) is 10.0 Å². The second-order valence-corrected chi connectivity index (χ2v) is 5.95. The summed E-state index contributed by atoms with van der Waals surface area (Å²) in [6.45, 7) is 6.49. The van der Waals surface area contributed by atoms with E-state index >= 15 is 0 Å². The van der Waals surface area contributed by atoms with Gasteiger partial charge in [-0.05, 0) is 38.6 Å². The molecule has 21 heavy (non-hydrogen) atoms. The van der Waals surface area contributed by atoms with Gasteiger partial charge in [-0.25, -0.2) is 0 Å². The van der Waals surface area contributed by atoms with Gasteiger partial charge in [0.15, 0.2) is 0 Å². The number of anilines is 1. The van der Waals surface area contributed by atoms with Crippen molar-refractivity contribution >= 4 is 34.8 Å². The number of hydrogen-bond donors (Lipinski definition) is 1. The van der Waals surface area contributed by atoms with E-state index in [0.717, 1.165) is 25.2 Å². The van der Waals surface area contributed by atoms with E-state index in [1.165, 1.54) is 0 Å². The van der Waals surface area contributed by atoms with Crippen LogP contribution in [-0.4, -0.2) is 43.7 Å². The summed E-state index contributed by atoms with van der Waals surface area (Å²) in [6.07, 6.45) is 0.872. The maximum absolute atomic E-state index is 12.7. The van der Waals surface area contributed by atoms with Gasteiger partial charge in [-0.3, -0.25) is 4.79 Å². The standard InChI is InChI=1S/C15H21Cl2N3O/c1-4-18-7-6-13-19(3)12-9-10(16)8-11(17)14(12)15(21)20(13)5-2/h8-9,13,18H,4-7H2,1-3H3/t13-/m0/s1. The monoisotopic (exact) mass is 329 g/mol. The van der Waals surface area contributed by atoms with Crippen LogP contribution in [0.3, 0.4) is 0 Å². The molecule has 1 amide bonds. The van der Waals surface area contributed by atoms with Gasteiger partial charge in [-0.1, -0.05) is 30.1 Å². The van der Waals surface area contributed by atoms with Crippen molar-refractivity contribution < 1.29 is 4.79 Å². The van der Waals surface area contributed by atoms with Gasteiger partial charge in [-0.15, -0.1) is 0 Å². The molecule has 1 aliphatic rings. The van der Waals surface area contributed by atoms with Gasteiger partial charge >= 0.3 is 0 Å². The first-order valence-electron chi connectivity index (χ1n) is 7.24. The van der Waals surface area contributed by atoms with Gasteiger partial charge in [0, 0.05) is 18.6 Å². The number of nitrogens with one attached hydrogen (secondary N) is 1. The van der Waals surface area contributed by atoms with E-state index in [4.69, 9.17) is 23.2 Å². The van der Waals surface area contributed by atoms with Crippen molar-refractivity contribution in [3.8, 4) is 0 Å². The molecule has 0 saturated carbocycles. The summed E-state index contributed by atoms with van der Waals surface area (Å²) in [4.78, 5) is 16.7. The molecular weight excluding hydrogens is 309 g/mol. The molecule has 0 spiro atoms. The molecular formula is C15H21Cl2N3O. The third-order valence-electron chi connectivity index (χ3n) is 3.87. The summed E-state index contributed by atoms with van der Waals surface area (Å²) in [6, 6.07) is 3.44. The lowest BCUT2D eigenvalue weighted by Crippen LogP contribution is -2.54.